The van der Waals surface area contributed by atoms with Gasteiger partial charge in [0.15, 0.2) is 0 Å². The Bertz CT molecular complexity index is 401. The quantitative estimate of drug-likeness (QED) is 0.201. The van der Waals surface area contributed by atoms with Crippen LogP contribution in [-0.4, -0.2) is 59.6 Å². The molecule has 0 saturated carbocycles. The zero-order valence-electron chi connectivity index (χ0n) is 19.4. The van der Waals surface area contributed by atoms with Gasteiger partial charge < -0.3 is 24.8 Å². The van der Waals surface area contributed by atoms with Crippen molar-refractivity contribution in [1.82, 2.24) is 0 Å². The van der Waals surface area contributed by atoms with Gasteiger partial charge in [0.05, 0.1) is 13.2 Å². The van der Waals surface area contributed by atoms with Gasteiger partial charge in [0.2, 0.25) is 0 Å². The molecule has 4 atom stereocenters. The highest BCUT2D eigenvalue weighted by Gasteiger charge is 2.38. The summed E-state index contributed by atoms with van der Waals surface area (Å²) in [6, 6.07) is 0. The van der Waals surface area contributed by atoms with Crippen LogP contribution in [0, 0.1) is 0 Å². The third-order valence-electron chi connectivity index (χ3n) is 6.00. The second-order valence-electron chi connectivity index (χ2n) is 8.74. The molecule has 0 unspecified atom stereocenters. The van der Waals surface area contributed by atoms with Crippen molar-refractivity contribution >= 4 is 0 Å². The van der Waals surface area contributed by atoms with Crippen molar-refractivity contribution in [2.24, 2.45) is 0 Å². The summed E-state index contributed by atoms with van der Waals surface area (Å²) in [6.07, 6.45) is 20.7. The van der Waals surface area contributed by atoms with Crippen LogP contribution in [0.15, 0.2) is 12.2 Å². The number of ether oxygens (including phenoxy) is 2. The summed E-state index contributed by atoms with van der Waals surface area (Å²) in [5.74, 6) is 0. The molecule has 178 valence electrons. The Morgan fingerprint density at radius 2 is 1.30 bits per heavy atom. The zero-order valence-corrected chi connectivity index (χ0v) is 19.4. The van der Waals surface area contributed by atoms with Gasteiger partial charge in [-0.25, -0.2) is 0 Å². The first kappa shape index (κ1) is 27.6. The van der Waals surface area contributed by atoms with Crippen LogP contribution in [0.4, 0.5) is 0 Å². The van der Waals surface area contributed by atoms with Gasteiger partial charge in [-0.2, -0.15) is 0 Å². The maximum atomic E-state index is 10.0. The lowest BCUT2D eigenvalue weighted by atomic mass is 10.0. The molecule has 5 nitrogen and oxygen atoms in total. The van der Waals surface area contributed by atoms with Crippen LogP contribution >= 0.6 is 0 Å². The summed E-state index contributed by atoms with van der Waals surface area (Å²) in [7, 11) is 0. The van der Waals surface area contributed by atoms with Crippen LogP contribution < -0.4 is 0 Å². The van der Waals surface area contributed by atoms with Gasteiger partial charge >= 0.3 is 0 Å². The highest BCUT2D eigenvalue weighted by Crippen LogP contribution is 2.18. The van der Waals surface area contributed by atoms with Crippen LogP contribution in [0.2, 0.25) is 0 Å². The second-order valence-corrected chi connectivity index (χ2v) is 8.74. The molecule has 30 heavy (non-hydrogen) atoms. The van der Waals surface area contributed by atoms with E-state index in [-0.39, 0.29) is 13.2 Å². The van der Waals surface area contributed by atoms with Crippen LogP contribution in [-0.2, 0) is 9.47 Å². The van der Waals surface area contributed by atoms with E-state index >= 15 is 0 Å². The first-order valence-electron chi connectivity index (χ1n) is 12.6. The number of hydrogen-bond acceptors (Lipinski definition) is 5. The summed E-state index contributed by atoms with van der Waals surface area (Å²) in [5.41, 5.74) is 0. The van der Waals surface area contributed by atoms with Gasteiger partial charge in [-0.1, -0.05) is 83.3 Å². The molecule has 5 heteroatoms. The Morgan fingerprint density at radius 1 is 0.767 bits per heavy atom. The molecule has 0 radical (unpaired) electrons. The summed E-state index contributed by atoms with van der Waals surface area (Å²) >= 11 is 0. The fourth-order valence-electron chi connectivity index (χ4n) is 3.92. The van der Waals surface area contributed by atoms with Crippen LogP contribution in [0.5, 0.6) is 0 Å². The summed E-state index contributed by atoms with van der Waals surface area (Å²) < 4.78 is 11.0. The number of rotatable bonds is 19. The highest BCUT2D eigenvalue weighted by molar-refractivity contribution is 4.87. The predicted octanol–water partition coefficient (Wildman–Crippen LogP) is 4.91. The van der Waals surface area contributed by atoms with Gasteiger partial charge in [0.25, 0.3) is 0 Å². The van der Waals surface area contributed by atoms with E-state index in [1.165, 1.54) is 83.5 Å². The monoisotopic (exact) mass is 428 g/mol. The average molecular weight is 429 g/mol. The van der Waals surface area contributed by atoms with Crippen LogP contribution in [0.3, 0.4) is 0 Å². The second kappa shape index (κ2) is 19.2. The Balaban J connectivity index is 1.81. The topological polar surface area (TPSA) is 79.2 Å². The van der Waals surface area contributed by atoms with E-state index < -0.39 is 24.4 Å². The molecule has 1 fully saturated rings. The van der Waals surface area contributed by atoms with E-state index in [0.29, 0.717) is 6.61 Å². The number of hydrogen-bond donors (Lipinski definition) is 3. The van der Waals surface area contributed by atoms with Crippen LogP contribution in [0.1, 0.15) is 103 Å². The van der Waals surface area contributed by atoms with E-state index in [4.69, 9.17) is 14.6 Å². The van der Waals surface area contributed by atoms with Gasteiger partial charge in [-0.15, -0.1) is 0 Å². The largest absolute Gasteiger partial charge is 0.394 e. The lowest BCUT2D eigenvalue weighted by Crippen LogP contribution is -2.55. The van der Waals surface area contributed by atoms with Crippen molar-refractivity contribution < 1.29 is 24.8 Å². The molecule has 1 heterocycles. The van der Waals surface area contributed by atoms with E-state index in [1.807, 2.05) is 0 Å². The number of allylic oxidation sites excluding steroid dienone is 2. The third kappa shape index (κ3) is 13.1. The first-order chi connectivity index (χ1) is 14.7. The lowest BCUT2D eigenvalue weighted by Gasteiger charge is -2.36. The fraction of sp³-hybridized carbons (Fsp3) is 0.920. The van der Waals surface area contributed by atoms with E-state index in [9.17, 15) is 10.2 Å². The molecule has 0 aromatic heterocycles. The molecular formula is C25H48O5. The van der Waals surface area contributed by atoms with Crippen molar-refractivity contribution in [2.45, 2.75) is 128 Å². The zero-order chi connectivity index (χ0) is 21.9. The Hall–Kier alpha value is -0.460. The summed E-state index contributed by atoms with van der Waals surface area (Å²) in [4.78, 5) is 0. The van der Waals surface area contributed by atoms with E-state index in [2.05, 4.69) is 19.1 Å². The standard InChI is InChI=1S/C25H48O5/c1-2-3-4-5-6-7-8-9-10-11-12-13-14-15-16-17-18-19-29-23-21-30-22(20-26)24(27)25(23)28/h7-8,22-28H,2-6,9-21H2,1H3/b8-7+/t22-,23+,24-,25-/m1/s1. The number of aliphatic hydroxyl groups excluding tert-OH is 3. The van der Waals surface area contributed by atoms with Crippen molar-refractivity contribution in [1.29, 1.82) is 0 Å². The van der Waals surface area contributed by atoms with E-state index in [0.717, 1.165) is 12.8 Å². The maximum Gasteiger partial charge on any atom is 0.111 e. The molecule has 1 aliphatic heterocycles. The maximum absolute atomic E-state index is 10.0. The molecule has 0 aliphatic carbocycles. The minimum Gasteiger partial charge on any atom is -0.394 e. The predicted molar refractivity (Wildman–Crippen MR) is 123 cm³/mol. The molecule has 0 aromatic rings. The van der Waals surface area contributed by atoms with Crippen LogP contribution in [0.25, 0.3) is 0 Å². The van der Waals surface area contributed by atoms with Crippen molar-refractivity contribution in [3.05, 3.63) is 12.2 Å². The van der Waals surface area contributed by atoms with Crippen molar-refractivity contribution in [3.63, 3.8) is 0 Å². The van der Waals surface area contributed by atoms with Gasteiger partial charge in [0, 0.05) is 6.61 Å². The normalized spacial score (nSPS) is 24.7. The van der Waals surface area contributed by atoms with Crippen molar-refractivity contribution in [2.75, 3.05) is 19.8 Å². The molecule has 1 saturated heterocycles. The first-order valence-corrected chi connectivity index (χ1v) is 12.6. The van der Waals surface area contributed by atoms with Gasteiger partial charge in [-0.05, 0) is 32.1 Å². The number of unbranched alkanes of at least 4 members (excludes halogenated alkanes) is 13. The molecular weight excluding hydrogens is 380 g/mol. The Labute approximate surface area is 184 Å². The minimum absolute atomic E-state index is 0.220. The molecule has 0 aromatic carbocycles. The Kier molecular flexibility index (Phi) is 17.7. The molecule has 0 bridgehead atoms. The summed E-state index contributed by atoms with van der Waals surface area (Å²) in [6.45, 7) is 2.77. The fourth-order valence-corrected chi connectivity index (χ4v) is 3.92. The molecule has 0 amide bonds. The molecule has 1 aliphatic rings. The SMILES string of the molecule is CCCCCC/C=C/CCCCCCCCCCCO[C@H]1CO[C@H](CO)[C@@H](O)[C@@H]1O. The number of aliphatic hydroxyl groups is 3. The average Bonchev–Trinajstić information content (AvgIpc) is 2.75. The molecule has 3 N–H and O–H groups in total. The van der Waals surface area contributed by atoms with Gasteiger partial charge in [-0.3, -0.25) is 0 Å². The third-order valence-corrected chi connectivity index (χ3v) is 6.00. The van der Waals surface area contributed by atoms with Crippen molar-refractivity contribution in [3.8, 4) is 0 Å². The summed E-state index contributed by atoms with van der Waals surface area (Å²) in [5, 5.41) is 28.9. The Morgan fingerprint density at radius 3 is 1.87 bits per heavy atom. The molecule has 1 rings (SSSR count). The molecule has 0 spiro atoms. The lowest BCUT2D eigenvalue weighted by molar-refractivity contribution is -0.208. The van der Waals surface area contributed by atoms with E-state index in [1.54, 1.807) is 0 Å². The smallest absolute Gasteiger partial charge is 0.111 e. The highest BCUT2D eigenvalue weighted by atomic mass is 16.6. The minimum atomic E-state index is -1.08. The van der Waals surface area contributed by atoms with Gasteiger partial charge in [0.1, 0.15) is 24.4 Å².